The number of carboxylic acids is 2. The van der Waals surface area contributed by atoms with Crippen molar-refractivity contribution in [3.63, 3.8) is 0 Å². The molecule has 204 valence electrons. The second-order valence-electron chi connectivity index (χ2n) is 8.20. The van der Waals surface area contributed by atoms with Crippen molar-refractivity contribution in [2.45, 2.75) is 56.3 Å². The molecule has 1 aromatic rings. The lowest BCUT2D eigenvalue weighted by Gasteiger charge is -2.25. The molecule has 4 atom stereocenters. The number of carboxylic acid groups (broad SMARTS) is 2. The Morgan fingerprint density at radius 3 is 1.97 bits per heavy atom. The van der Waals surface area contributed by atoms with Crippen LogP contribution in [0.15, 0.2) is 30.3 Å². The van der Waals surface area contributed by atoms with Crippen LogP contribution in [0.3, 0.4) is 0 Å². The van der Waals surface area contributed by atoms with Crippen molar-refractivity contribution in [2.24, 2.45) is 11.5 Å². The van der Waals surface area contributed by atoms with E-state index in [0.29, 0.717) is 17.7 Å². The van der Waals surface area contributed by atoms with Crippen molar-refractivity contribution in [1.29, 1.82) is 0 Å². The van der Waals surface area contributed by atoms with Crippen LogP contribution >= 0.6 is 11.8 Å². The third kappa shape index (κ3) is 12.2. The van der Waals surface area contributed by atoms with Crippen LogP contribution in [0.1, 0.15) is 31.2 Å². The van der Waals surface area contributed by atoms with Gasteiger partial charge in [0.2, 0.25) is 23.6 Å². The summed E-state index contributed by atoms with van der Waals surface area (Å²) in [6.07, 6.45) is 0.649. The Bertz CT molecular complexity index is 962. The molecule has 0 aromatic heterocycles. The monoisotopic (exact) mass is 539 g/mol. The van der Waals surface area contributed by atoms with Crippen LogP contribution in [0, 0.1) is 0 Å². The Hall–Kier alpha value is -3.65. The SMILES string of the molecule is CSCCC(N)C(=O)NC(CC(N)=O)C(=O)NC(Cc1ccccc1)C(=O)NC(CCC(=O)O)C(=O)O. The first kappa shape index (κ1) is 31.4. The molecule has 0 radical (unpaired) electrons. The quantitative estimate of drug-likeness (QED) is 0.122. The zero-order valence-electron chi connectivity index (χ0n) is 20.3. The predicted molar refractivity (Wildman–Crippen MR) is 135 cm³/mol. The van der Waals surface area contributed by atoms with Crippen LogP contribution in [0.4, 0.5) is 0 Å². The van der Waals surface area contributed by atoms with Crippen molar-refractivity contribution in [3.8, 4) is 0 Å². The summed E-state index contributed by atoms with van der Waals surface area (Å²) in [5.74, 6) is -5.46. The van der Waals surface area contributed by atoms with E-state index in [4.69, 9.17) is 16.6 Å². The van der Waals surface area contributed by atoms with Gasteiger partial charge in [0.1, 0.15) is 18.1 Å². The zero-order chi connectivity index (χ0) is 28.0. The first-order valence-electron chi connectivity index (χ1n) is 11.4. The molecule has 13 nitrogen and oxygen atoms in total. The summed E-state index contributed by atoms with van der Waals surface area (Å²) in [6.45, 7) is 0. The van der Waals surface area contributed by atoms with E-state index in [0.717, 1.165) is 0 Å². The minimum atomic E-state index is -1.52. The van der Waals surface area contributed by atoms with Gasteiger partial charge in [-0.05, 0) is 30.4 Å². The van der Waals surface area contributed by atoms with E-state index in [-0.39, 0.29) is 12.8 Å². The summed E-state index contributed by atoms with van der Waals surface area (Å²) >= 11 is 1.48. The maximum absolute atomic E-state index is 13.0. The smallest absolute Gasteiger partial charge is 0.326 e. The summed E-state index contributed by atoms with van der Waals surface area (Å²) in [5.41, 5.74) is 11.7. The average molecular weight is 540 g/mol. The largest absolute Gasteiger partial charge is 0.481 e. The number of aliphatic carboxylic acids is 2. The number of primary amides is 1. The molecule has 0 saturated heterocycles. The highest BCUT2D eigenvalue weighted by Gasteiger charge is 2.31. The van der Waals surface area contributed by atoms with E-state index in [1.165, 1.54) is 11.8 Å². The molecule has 0 heterocycles. The maximum atomic E-state index is 13.0. The van der Waals surface area contributed by atoms with Gasteiger partial charge in [-0.3, -0.25) is 24.0 Å². The molecular formula is C23H33N5O8S. The van der Waals surface area contributed by atoms with Crippen LogP contribution in [-0.2, 0) is 35.2 Å². The first-order valence-corrected chi connectivity index (χ1v) is 12.8. The van der Waals surface area contributed by atoms with Gasteiger partial charge in [-0.1, -0.05) is 30.3 Å². The number of thioether (sulfide) groups is 1. The van der Waals surface area contributed by atoms with Crippen molar-refractivity contribution < 1.29 is 39.0 Å². The Kier molecular flexibility index (Phi) is 13.7. The van der Waals surface area contributed by atoms with E-state index in [1.54, 1.807) is 30.3 Å². The Morgan fingerprint density at radius 1 is 0.865 bits per heavy atom. The summed E-state index contributed by atoms with van der Waals surface area (Å²) in [4.78, 5) is 72.4. The standard InChI is InChI=1S/C23H33N5O8S/c1-37-10-9-14(24)20(32)27-17(12-18(25)29)22(34)28-16(11-13-5-3-2-4-6-13)21(33)26-15(23(35)36)7-8-19(30)31/h2-6,14-17H,7-12,24H2,1H3,(H2,25,29)(H,26,33)(H,27,32)(H,28,34)(H,30,31)(H,35,36). The summed E-state index contributed by atoms with van der Waals surface area (Å²) in [6, 6.07) is 3.28. The molecule has 0 aliphatic heterocycles. The fraction of sp³-hybridized carbons (Fsp3) is 0.478. The molecule has 4 amide bonds. The molecule has 0 spiro atoms. The molecule has 1 rings (SSSR count). The van der Waals surface area contributed by atoms with Gasteiger partial charge in [0.25, 0.3) is 0 Å². The van der Waals surface area contributed by atoms with Gasteiger partial charge in [-0.15, -0.1) is 0 Å². The van der Waals surface area contributed by atoms with Gasteiger partial charge in [0.15, 0.2) is 0 Å². The minimum Gasteiger partial charge on any atom is -0.481 e. The molecule has 1 aromatic carbocycles. The van der Waals surface area contributed by atoms with Crippen molar-refractivity contribution in [2.75, 3.05) is 12.0 Å². The van der Waals surface area contributed by atoms with Crippen molar-refractivity contribution in [3.05, 3.63) is 35.9 Å². The first-order chi connectivity index (χ1) is 17.4. The normalized spacial score (nSPS) is 13.9. The van der Waals surface area contributed by atoms with Gasteiger partial charge in [-0.2, -0.15) is 11.8 Å². The molecule has 9 N–H and O–H groups in total. The van der Waals surface area contributed by atoms with E-state index < -0.39 is 72.6 Å². The third-order valence-electron chi connectivity index (χ3n) is 5.19. The van der Waals surface area contributed by atoms with Crippen LogP contribution in [-0.4, -0.2) is 82.0 Å². The second kappa shape index (κ2) is 16.2. The van der Waals surface area contributed by atoms with Gasteiger partial charge in [0.05, 0.1) is 12.5 Å². The molecule has 0 aliphatic rings. The second-order valence-corrected chi connectivity index (χ2v) is 9.19. The van der Waals surface area contributed by atoms with Gasteiger partial charge in [-0.25, -0.2) is 4.79 Å². The number of benzene rings is 1. The van der Waals surface area contributed by atoms with E-state index in [9.17, 15) is 33.9 Å². The topological polar surface area (TPSA) is 231 Å². The summed E-state index contributed by atoms with van der Waals surface area (Å²) < 4.78 is 0. The Morgan fingerprint density at radius 2 is 1.43 bits per heavy atom. The highest BCUT2D eigenvalue weighted by Crippen LogP contribution is 2.07. The van der Waals surface area contributed by atoms with Crippen LogP contribution < -0.4 is 27.4 Å². The maximum Gasteiger partial charge on any atom is 0.326 e. The number of hydrogen-bond donors (Lipinski definition) is 7. The van der Waals surface area contributed by atoms with E-state index in [1.807, 2.05) is 6.26 Å². The lowest BCUT2D eigenvalue weighted by Crippen LogP contribution is -2.58. The number of nitrogens with one attached hydrogen (secondary N) is 3. The molecule has 14 heteroatoms. The lowest BCUT2D eigenvalue weighted by atomic mass is 10.0. The van der Waals surface area contributed by atoms with Gasteiger partial charge in [0, 0.05) is 12.8 Å². The van der Waals surface area contributed by atoms with Crippen molar-refractivity contribution >= 4 is 47.3 Å². The number of hydrogen-bond acceptors (Lipinski definition) is 8. The molecular weight excluding hydrogens is 506 g/mol. The predicted octanol–water partition coefficient (Wildman–Crippen LogP) is -1.41. The number of amides is 4. The van der Waals surface area contributed by atoms with Crippen molar-refractivity contribution in [1.82, 2.24) is 16.0 Å². The number of nitrogens with two attached hydrogens (primary N) is 2. The fourth-order valence-electron chi connectivity index (χ4n) is 3.19. The number of rotatable bonds is 17. The Labute approximate surface area is 218 Å². The molecule has 0 bridgehead atoms. The van der Waals surface area contributed by atoms with E-state index >= 15 is 0 Å². The number of carbonyl (C=O) groups is 6. The summed E-state index contributed by atoms with van der Waals surface area (Å²) in [5, 5.41) is 25.3. The molecule has 4 unspecified atom stereocenters. The van der Waals surface area contributed by atoms with Gasteiger partial charge < -0.3 is 37.6 Å². The van der Waals surface area contributed by atoms with Crippen LogP contribution in [0.5, 0.6) is 0 Å². The molecule has 37 heavy (non-hydrogen) atoms. The summed E-state index contributed by atoms with van der Waals surface area (Å²) in [7, 11) is 0. The zero-order valence-corrected chi connectivity index (χ0v) is 21.2. The number of carbonyl (C=O) groups excluding carboxylic acids is 4. The van der Waals surface area contributed by atoms with Crippen LogP contribution in [0.2, 0.25) is 0 Å². The fourth-order valence-corrected chi connectivity index (χ4v) is 3.68. The molecule has 0 aliphatic carbocycles. The van der Waals surface area contributed by atoms with E-state index in [2.05, 4.69) is 16.0 Å². The minimum absolute atomic E-state index is 0.0614. The Balaban J connectivity index is 3.10. The molecule has 0 fully saturated rings. The molecule has 0 saturated carbocycles. The van der Waals surface area contributed by atoms with Crippen LogP contribution in [0.25, 0.3) is 0 Å². The average Bonchev–Trinajstić information content (AvgIpc) is 2.83. The lowest BCUT2D eigenvalue weighted by molar-refractivity contribution is -0.143. The highest BCUT2D eigenvalue weighted by atomic mass is 32.2. The third-order valence-corrected chi connectivity index (χ3v) is 5.83. The van der Waals surface area contributed by atoms with Gasteiger partial charge >= 0.3 is 11.9 Å². The highest BCUT2D eigenvalue weighted by molar-refractivity contribution is 7.98.